The number of nitrogens with zero attached hydrogens (tertiary/aromatic N) is 1. The van der Waals surface area contributed by atoms with Crippen LogP contribution in [0.5, 0.6) is 0 Å². The maximum atomic E-state index is 11.5. The third-order valence-electron chi connectivity index (χ3n) is 2.57. The van der Waals surface area contributed by atoms with E-state index in [-0.39, 0.29) is 34.2 Å². The number of esters is 1. The monoisotopic (exact) mass is 335 g/mol. The van der Waals surface area contributed by atoms with Crippen LogP contribution in [0.3, 0.4) is 0 Å². The van der Waals surface area contributed by atoms with Crippen LogP contribution in [0, 0.1) is 5.92 Å². The smallest absolute Gasteiger partial charge is 0.306 e. The average Bonchev–Trinajstić information content (AvgIpc) is 2.35. The third kappa shape index (κ3) is 5.86. The molecule has 0 aromatic carbocycles. The molecule has 1 aromatic heterocycles. The second kappa shape index (κ2) is 7.58. The van der Waals surface area contributed by atoms with E-state index in [9.17, 15) is 13.2 Å². The Morgan fingerprint density at radius 2 is 2.19 bits per heavy atom. The molecule has 0 radical (unpaired) electrons. The van der Waals surface area contributed by atoms with Crippen molar-refractivity contribution in [2.24, 2.45) is 11.1 Å². The van der Waals surface area contributed by atoms with Gasteiger partial charge in [0.2, 0.25) is 10.0 Å². The number of hydrogen-bond donors (Lipinski definition) is 2. The van der Waals surface area contributed by atoms with Gasteiger partial charge < -0.3 is 10.1 Å². The first-order valence-electron chi connectivity index (χ1n) is 6.33. The second-order valence-corrected chi connectivity index (χ2v) is 6.44. The second-order valence-electron chi connectivity index (χ2n) is 4.52. The number of nitrogens with one attached hydrogen (secondary N) is 1. The predicted molar refractivity (Wildman–Crippen MR) is 79.5 cm³/mol. The molecule has 9 heteroatoms. The van der Waals surface area contributed by atoms with Crippen molar-refractivity contribution in [3.05, 3.63) is 17.3 Å². The number of sulfonamides is 1. The number of nitrogens with two attached hydrogens (primary N) is 1. The van der Waals surface area contributed by atoms with Gasteiger partial charge in [-0.05, 0) is 25.0 Å². The van der Waals surface area contributed by atoms with E-state index in [1.165, 1.54) is 12.1 Å². The molecular formula is C12H18ClN3O4S. The van der Waals surface area contributed by atoms with E-state index in [0.717, 1.165) is 0 Å². The molecule has 0 spiro atoms. The van der Waals surface area contributed by atoms with Crippen LogP contribution >= 0.6 is 11.6 Å². The molecule has 21 heavy (non-hydrogen) atoms. The van der Waals surface area contributed by atoms with Crippen LogP contribution in [-0.4, -0.2) is 32.5 Å². The lowest BCUT2D eigenvalue weighted by Gasteiger charge is -2.14. The molecule has 7 nitrogen and oxygen atoms in total. The first-order valence-corrected chi connectivity index (χ1v) is 8.25. The highest BCUT2D eigenvalue weighted by atomic mass is 35.5. The lowest BCUT2D eigenvalue weighted by molar-refractivity contribution is -0.143. The minimum absolute atomic E-state index is 0.0701. The summed E-state index contributed by atoms with van der Waals surface area (Å²) in [6, 6.07) is 2.62. The molecule has 118 valence electrons. The maximum Gasteiger partial charge on any atom is 0.306 e. The van der Waals surface area contributed by atoms with E-state index in [1.54, 1.807) is 6.92 Å². The first kappa shape index (κ1) is 17.7. The van der Waals surface area contributed by atoms with Gasteiger partial charge in [-0.2, -0.15) is 0 Å². The van der Waals surface area contributed by atoms with E-state index < -0.39 is 10.0 Å². The molecule has 0 aliphatic rings. The van der Waals surface area contributed by atoms with Crippen LogP contribution in [0.4, 0.5) is 5.82 Å². The van der Waals surface area contributed by atoms with Gasteiger partial charge in [-0.15, -0.1) is 0 Å². The van der Waals surface area contributed by atoms with Crippen LogP contribution in [-0.2, 0) is 19.6 Å². The van der Waals surface area contributed by atoms with E-state index in [2.05, 4.69) is 10.3 Å². The van der Waals surface area contributed by atoms with Crippen molar-refractivity contribution in [3.63, 3.8) is 0 Å². The van der Waals surface area contributed by atoms with Crippen LogP contribution in [0.25, 0.3) is 0 Å². The molecule has 1 aromatic rings. The van der Waals surface area contributed by atoms with Crippen LogP contribution in [0.2, 0.25) is 5.15 Å². The van der Waals surface area contributed by atoms with Gasteiger partial charge in [0.1, 0.15) is 15.9 Å². The van der Waals surface area contributed by atoms with Gasteiger partial charge in [-0.25, -0.2) is 18.5 Å². The summed E-state index contributed by atoms with van der Waals surface area (Å²) >= 11 is 5.75. The van der Waals surface area contributed by atoms with E-state index in [1.807, 2.05) is 6.92 Å². The van der Waals surface area contributed by atoms with Gasteiger partial charge in [-0.3, -0.25) is 4.79 Å². The summed E-state index contributed by atoms with van der Waals surface area (Å²) in [5.74, 6) is -0.309. The summed E-state index contributed by atoms with van der Waals surface area (Å²) < 4.78 is 27.7. The number of aromatic nitrogens is 1. The molecule has 0 saturated heterocycles. The molecule has 1 heterocycles. The lowest BCUT2D eigenvalue weighted by atomic mass is 10.1. The largest absolute Gasteiger partial charge is 0.466 e. The highest BCUT2D eigenvalue weighted by Gasteiger charge is 2.17. The molecule has 0 aliphatic heterocycles. The summed E-state index contributed by atoms with van der Waals surface area (Å²) in [7, 11) is -3.91. The minimum Gasteiger partial charge on any atom is -0.466 e. The zero-order chi connectivity index (χ0) is 16.0. The van der Waals surface area contributed by atoms with Crippen LogP contribution < -0.4 is 10.5 Å². The number of rotatable bonds is 7. The Morgan fingerprint density at radius 1 is 1.52 bits per heavy atom. The van der Waals surface area contributed by atoms with Crippen molar-refractivity contribution < 1.29 is 17.9 Å². The van der Waals surface area contributed by atoms with Crippen LogP contribution in [0.15, 0.2) is 17.0 Å². The number of ether oxygens (including phenoxy) is 1. The number of carbonyl (C=O) groups excluding carboxylic acids is 1. The summed E-state index contributed by atoms with van der Waals surface area (Å²) in [5.41, 5.74) is 0. The Labute approximate surface area is 128 Å². The predicted octanol–water partition coefficient (Wildman–Crippen LogP) is 1.38. The fourth-order valence-electron chi connectivity index (χ4n) is 1.63. The number of carbonyl (C=O) groups is 1. The summed E-state index contributed by atoms with van der Waals surface area (Å²) in [5, 5.41) is 8.10. The Kier molecular flexibility index (Phi) is 6.38. The van der Waals surface area contributed by atoms with E-state index >= 15 is 0 Å². The quantitative estimate of drug-likeness (QED) is 0.575. The van der Waals surface area contributed by atoms with Crippen molar-refractivity contribution in [1.29, 1.82) is 0 Å². The van der Waals surface area contributed by atoms with E-state index in [4.69, 9.17) is 21.5 Å². The molecule has 1 rings (SSSR count). The van der Waals surface area contributed by atoms with Gasteiger partial charge in [0.15, 0.2) is 0 Å². The molecular weight excluding hydrogens is 318 g/mol. The van der Waals surface area contributed by atoms with Gasteiger partial charge >= 0.3 is 5.97 Å². The van der Waals surface area contributed by atoms with E-state index in [0.29, 0.717) is 13.2 Å². The van der Waals surface area contributed by atoms with Gasteiger partial charge in [0, 0.05) is 13.0 Å². The Bertz CT molecular complexity index is 607. The first-order chi connectivity index (χ1) is 9.74. The fraction of sp³-hybridized carbons (Fsp3) is 0.500. The van der Waals surface area contributed by atoms with Crippen molar-refractivity contribution in [1.82, 2.24) is 4.98 Å². The van der Waals surface area contributed by atoms with Crippen molar-refractivity contribution in [2.75, 3.05) is 18.5 Å². The zero-order valence-electron chi connectivity index (χ0n) is 11.8. The van der Waals surface area contributed by atoms with Gasteiger partial charge in [0.25, 0.3) is 0 Å². The van der Waals surface area contributed by atoms with Crippen molar-refractivity contribution in [2.45, 2.75) is 25.2 Å². The topological polar surface area (TPSA) is 111 Å². The van der Waals surface area contributed by atoms with Gasteiger partial charge in [-0.1, -0.05) is 18.5 Å². The number of anilines is 1. The third-order valence-corrected chi connectivity index (χ3v) is 3.72. The lowest BCUT2D eigenvalue weighted by Crippen LogP contribution is -2.20. The number of halogens is 1. The Balaban J connectivity index is 2.75. The molecule has 0 fully saturated rings. The van der Waals surface area contributed by atoms with Gasteiger partial charge in [0.05, 0.1) is 6.61 Å². The SMILES string of the molecule is CCOC(=O)CC(C)CNc1nc(Cl)ccc1S(N)(=O)=O. The highest BCUT2D eigenvalue weighted by molar-refractivity contribution is 7.89. The minimum atomic E-state index is -3.91. The Hall–Kier alpha value is -1.38. The summed E-state index contributed by atoms with van der Waals surface area (Å²) in [6.07, 6.45) is 0.214. The normalized spacial score (nSPS) is 12.8. The Morgan fingerprint density at radius 3 is 2.76 bits per heavy atom. The average molecular weight is 336 g/mol. The molecule has 1 unspecified atom stereocenters. The standard InChI is InChI=1S/C12H18ClN3O4S/c1-3-20-11(17)6-8(2)7-15-12-9(21(14,18)19)4-5-10(13)16-12/h4-5,8H,3,6-7H2,1-2H3,(H,15,16)(H2,14,18,19). The van der Waals surface area contributed by atoms with Crippen molar-refractivity contribution >= 4 is 33.4 Å². The highest BCUT2D eigenvalue weighted by Crippen LogP contribution is 2.20. The maximum absolute atomic E-state index is 11.5. The number of hydrogen-bond acceptors (Lipinski definition) is 6. The summed E-state index contributed by atoms with van der Waals surface area (Å²) in [6.45, 7) is 4.21. The molecule has 0 bridgehead atoms. The fourth-order valence-corrected chi connectivity index (χ4v) is 2.42. The molecule has 0 aliphatic carbocycles. The van der Waals surface area contributed by atoms with Crippen LogP contribution in [0.1, 0.15) is 20.3 Å². The molecule has 0 saturated carbocycles. The summed E-state index contributed by atoms with van der Waals surface area (Å²) in [4.78, 5) is 15.1. The molecule has 1 atom stereocenters. The number of pyridine rings is 1. The number of primary sulfonamides is 1. The molecule has 3 N–H and O–H groups in total. The zero-order valence-corrected chi connectivity index (χ0v) is 13.4. The molecule has 0 amide bonds. The van der Waals surface area contributed by atoms with Crippen molar-refractivity contribution in [3.8, 4) is 0 Å².